The molecule has 0 aromatic rings. The number of carbonyl (C=O) groups is 2. The van der Waals surface area contributed by atoms with Crippen LogP contribution in [-0.2, 0) is 23.8 Å². The average Bonchev–Trinajstić information content (AvgIpc) is 3.23. The van der Waals surface area contributed by atoms with Gasteiger partial charge in [0.1, 0.15) is 11.7 Å². The van der Waals surface area contributed by atoms with Gasteiger partial charge in [-0.15, -0.1) is 0 Å². The highest BCUT2D eigenvalue weighted by Gasteiger charge is 2.72. The molecule has 1 spiro atoms. The van der Waals surface area contributed by atoms with E-state index in [9.17, 15) is 14.7 Å². The van der Waals surface area contributed by atoms with Crippen molar-refractivity contribution in [3.63, 3.8) is 0 Å². The highest BCUT2D eigenvalue weighted by Crippen LogP contribution is 2.71. The Hall–Kier alpha value is -0.980. The van der Waals surface area contributed by atoms with Crippen molar-refractivity contribution < 1.29 is 28.9 Å². The number of hydrogen-bond donors (Lipinski definition) is 1. The maximum Gasteiger partial charge on any atom is 0.302 e. The summed E-state index contributed by atoms with van der Waals surface area (Å²) in [5.74, 6) is 1.68. The molecule has 12 atom stereocenters. The highest BCUT2D eigenvalue weighted by molar-refractivity contribution is 5.89. The summed E-state index contributed by atoms with van der Waals surface area (Å²) in [6.07, 6.45) is 7.30. The van der Waals surface area contributed by atoms with Gasteiger partial charge in [0.25, 0.3) is 0 Å². The summed E-state index contributed by atoms with van der Waals surface area (Å²) < 4.78 is 18.7. The predicted octanol–water partition coefficient (Wildman–Crippen LogP) is 4.66. The molecule has 6 rings (SSSR count). The molecule has 4 saturated carbocycles. The second kappa shape index (κ2) is 7.77. The van der Waals surface area contributed by atoms with Crippen molar-refractivity contribution in [1.82, 2.24) is 0 Å². The predicted molar refractivity (Wildman–Crippen MR) is 129 cm³/mol. The third-order valence-electron chi connectivity index (χ3n) is 12.2. The minimum atomic E-state index is -1.39. The molecule has 2 saturated heterocycles. The van der Waals surface area contributed by atoms with Gasteiger partial charge < -0.3 is 19.3 Å². The summed E-state index contributed by atoms with van der Waals surface area (Å²) in [4.78, 5) is 25.2. The van der Waals surface area contributed by atoms with Gasteiger partial charge in [0.05, 0.1) is 12.7 Å². The van der Waals surface area contributed by atoms with Gasteiger partial charge in [-0.25, -0.2) is 0 Å². The number of rotatable bonds is 1. The standard InChI is InChI=1S/C29H44O6/c1-16-6-11-29(33-15-16)17(2)25-23(35-29)13-22-20-12-24(31)28(32)14-19(34-18(3)30)7-10-27(28,5)21(20)8-9-26(22,25)4/h16-17,19-23,25,32H,6-15H2,1-5H3/t16-,17-,19+,20-,21+,22+,23+,25+,26+,27-,28+,29-/m1/s1. The number of ketones is 1. The van der Waals surface area contributed by atoms with Crippen LogP contribution in [0.5, 0.6) is 0 Å². The first-order chi connectivity index (χ1) is 16.4. The van der Waals surface area contributed by atoms with E-state index >= 15 is 0 Å². The molecular formula is C29H44O6. The number of aliphatic hydroxyl groups is 1. The van der Waals surface area contributed by atoms with Crippen LogP contribution >= 0.6 is 0 Å². The molecule has 196 valence electrons. The summed E-state index contributed by atoms with van der Waals surface area (Å²) >= 11 is 0. The van der Waals surface area contributed by atoms with Crippen molar-refractivity contribution in [3.8, 4) is 0 Å². The SMILES string of the molecule is CC(=O)O[C@H]1CC[C@]2(C)[C@H]3CC[C@]4(C)[C@@H]5[C@H](C[C@H]4[C@@H]3CC(=O)[C@@]2(O)C1)O[C@]1(CC[C@@H](C)CO1)[C@@H]5C. The Morgan fingerprint density at radius 3 is 2.54 bits per heavy atom. The molecule has 6 nitrogen and oxygen atoms in total. The summed E-state index contributed by atoms with van der Waals surface area (Å²) in [6, 6.07) is 0. The molecule has 0 unspecified atom stereocenters. The Balaban J connectivity index is 1.26. The van der Waals surface area contributed by atoms with Crippen LogP contribution in [0.2, 0.25) is 0 Å². The fraction of sp³-hybridized carbons (Fsp3) is 0.931. The normalized spacial score (nSPS) is 57.3. The molecule has 6 fully saturated rings. The zero-order valence-corrected chi connectivity index (χ0v) is 22.2. The number of esters is 1. The molecule has 4 aliphatic carbocycles. The number of fused-ring (bicyclic) bond motifs is 7. The third-order valence-corrected chi connectivity index (χ3v) is 12.2. The average molecular weight is 489 g/mol. The van der Waals surface area contributed by atoms with Crippen LogP contribution in [0, 0.1) is 46.3 Å². The fourth-order valence-corrected chi connectivity index (χ4v) is 10.4. The Labute approximate surface area is 209 Å². The number of Topliss-reactive ketones (excluding diaryl/α,β-unsaturated/α-hetero) is 1. The molecule has 6 heteroatoms. The smallest absolute Gasteiger partial charge is 0.302 e. The highest BCUT2D eigenvalue weighted by atomic mass is 16.7. The fourth-order valence-electron chi connectivity index (χ4n) is 10.4. The molecule has 0 bridgehead atoms. The summed E-state index contributed by atoms with van der Waals surface area (Å²) in [7, 11) is 0. The van der Waals surface area contributed by atoms with Crippen molar-refractivity contribution >= 4 is 11.8 Å². The van der Waals surface area contributed by atoms with Crippen LogP contribution in [0.4, 0.5) is 0 Å². The van der Waals surface area contributed by atoms with E-state index in [1.807, 2.05) is 0 Å². The van der Waals surface area contributed by atoms with Crippen molar-refractivity contribution in [2.75, 3.05) is 6.61 Å². The zero-order valence-electron chi connectivity index (χ0n) is 22.2. The lowest BCUT2D eigenvalue weighted by atomic mass is 9.42. The van der Waals surface area contributed by atoms with Crippen LogP contribution in [0.3, 0.4) is 0 Å². The second-order valence-corrected chi connectivity index (χ2v) is 13.8. The van der Waals surface area contributed by atoms with E-state index in [1.165, 1.54) is 6.92 Å². The molecule has 0 aromatic heterocycles. The van der Waals surface area contributed by atoms with E-state index in [2.05, 4.69) is 27.7 Å². The van der Waals surface area contributed by atoms with Crippen molar-refractivity contribution in [2.24, 2.45) is 46.3 Å². The molecule has 35 heavy (non-hydrogen) atoms. The third kappa shape index (κ3) is 3.18. The molecular weight excluding hydrogens is 444 g/mol. The monoisotopic (exact) mass is 488 g/mol. The molecule has 6 aliphatic rings. The van der Waals surface area contributed by atoms with E-state index in [-0.39, 0.29) is 35.8 Å². The van der Waals surface area contributed by atoms with Gasteiger partial charge in [0.15, 0.2) is 11.6 Å². The summed E-state index contributed by atoms with van der Waals surface area (Å²) in [5, 5.41) is 11.9. The minimum absolute atomic E-state index is 0.0329. The van der Waals surface area contributed by atoms with E-state index in [4.69, 9.17) is 14.2 Å². The number of ether oxygens (including phenoxy) is 3. The maximum absolute atomic E-state index is 13.7. The first kappa shape index (κ1) is 24.4. The molecule has 2 aliphatic heterocycles. The van der Waals surface area contributed by atoms with Crippen LogP contribution in [0.1, 0.15) is 92.4 Å². The first-order valence-electron chi connectivity index (χ1n) is 14.2. The lowest BCUT2D eigenvalue weighted by Crippen LogP contribution is -2.67. The van der Waals surface area contributed by atoms with Gasteiger partial charge in [-0.05, 0) is 73.5 Å². The van der Waals surface area contributed by atoms with Gasteiger partial charge in [0, 0.05) is 37.5 Å². The van der Waals surface area contributed by atoms with Gasteiger partial charge in [-0.1, -0.05) is 27.7 Å². The van der Waals surface area contributed by atoms with Crippen LogP contribution in [-0.4, -0.2) is 47.1 Å². The van der Waals surface area contributed by atoms with Crippen LogP contribution in [0.15, 0.2) is 0 Å². The van der Waals surface area contributed by atoms with E-state index in [0.717, 1.165) is 51.6 Å². The quantitative estimate of drug-likeness (QED) is 0.541. The Morgan fingerprint density at radius 1 is 1.09 bits per heavy atom. The lowest BCUT2D eigenvalue weighted by molar-refractivity contribution is -0.273. The van der Waals surface area contributed by atoms with Gasteiger partial charge in [-0.2, -0.15) is 0 Å². The van der Waals surface area contributed by atoms with Crippen LogP contribution in [0.25, 0.3) is 0 Å². The number of carbonyl (C=O) groups excluding carboxylic acids is 2. The van der Waals surface area contributed by atoms with E-state index < -0.39 is 16.8 Å². The Kier molecular flexibility index (Phi) is 5.41. The molecule has 1 N–H and O–H groups in total. The Morgan fingerprint density at radius 2 is 1.86 bits per heavy atom. The topological polar surface area (TPSA) is 82.1 Å². The zero-order chi connectivity index (χ0) is 25.0. The second-order valence-electron chi connectivity index (χ2n) is 13.8. The van der Waals surface area contributed by atoms with Gasteiger partial charge in [-0.3, -0.25) is 9.59 Å². The van der Waals surface area contributed by atoms with Crippen molar-refractivity contribution in [3.05, 3.63) is 0 Å². The van der Waals surface area contributed by atoms with Crippen LogP contribution < -0.4 is 0 Å². The van der Waals surface area contributed by atoms with E-state index in [1.54, 1.807) is 0 Å². The summed E-state index contributed by atoms with van der Waals surface area (Å²) in [5.41, 5.74) is -1.71. The largest absolute Gasteiger partial charge is 0.462 e. The van der Waals surface area contributed by atoms with E-state index in [0.29, 0.717) is 41.9 Å². The summed E-state index contributed by atoms with van der Waals surface area (Å²) in [6.45, 7) is 11.4. The van der Waals surface area contributed by atoms with Crippen molar-refractivity contribution in [2.45, 2.75) is 116 Å². The van der Waals surface area contributed by atoms with Gasteiger partial charge in [0.2, 0.25) is 0 Å². The minimum Gasteiger partial charge on any atom is -0.462 e. The van der Waals surface area contributed by atoms with Gasteiger partial charge >= 0.3 is 5.97 Å². The number of hydrogen-bond acceptors (Lipinski definition) is 6. The first-order valence-corrected chi connectivity index (χ1v) is 14.2. The molecule has 2 heterocycles. The molecule has 0 radical (unpaired) electrons. The Bertz CT molecular complexity index is 909. The van der Waals surface area contributed by atoms with Crippen molar-refractivity contribution in [1.29, 1.82) is 0 Å². The molecule has 0 amide bonds. The molecule has 0 aromatic carbocycles. The maximum atomic E-state index is 13.7. The lowest BCUT2D eigenvalue weighted by Gasteiger charge is -2.63.